The Morgan fingerprint density at radius 3 is 2.80 bits per heavy atom. The van der Waals surface area contributed by atoms with Gasteiger partial charge in [-0.15, -0.1) is 0 Å². The highest BCUT2D eigenvalue weighted by molar-refractivity contribution is 5.75. The van der Waals surface area contributed by atoms with Gasteiger partial charge < -0.3 is 5.11 Å². The van der Waals surface area contributed by atoms with Crippen LogP contribution in [0.3, 0.4) is 0 Å². The SMILES string of the molecule is O=c1c2cnccc2ncn1CC(O)c1ccccc1. The van der Waals surface area contributed by atoms with E-state index in [9.17, 15) is 9.90 Å². The van der Waals surface area contributed by atoms with Crippen LogP contribution in [0.15, 0.2) is 59.9 Å². The predicted octanol–water partition coefficient (Wildman–Crippen LogP) is 1.53. The van der Waals surface area contributed by atoms with E-state index in [1.807, 2.05) is 30.3 Å². The zero-order valence-electron chi connectivity index (χ0n) is 10.7. The van der Waals surface area contributed by atoms with Gasteiger partial charge in [0.15, 0.2) is 0 Å². The molecule has 0 amide bonds. The second-order valence-electron chi connectivity index (χ2n) is 4.52. The first-order valence-electron chi connectivity index (χ1n) is 6.28. The number of aliphatic hydroxyl groups excluding tert-OH is 1. The van der Waals surface area contributed by atoms with E-state index in [2.05, 4.69) is 9.97 Å². The Hall–Kier alpha value is -2.53. The summed E-state index contributed by atoms with van der Waals surface area (Å²) in [6.07, 6.45) is 3.80. The van der Waals surface area contributed by atoms with Crippen LogP contribution >= 0.6 is 0 Å². The summed E-state index contributed by atoms with van der Waals surface area (Å²) in [6.45, 7) is 0.167. The molecule has 3 aromatic rings. The van der Waals surface area contributed by atoms with Crippen LogP contribution in [0.1, 0.15) is 11.7 Å². The minimum Gasteiger partial charge on any atom is -0.387 e. The number of pyridine rings is 1. The largest absolute Gasteiger partial charge is 0.387 e. The first-order valence-corrected chi connectivity index (χ1v) is 6.28. The first kappa shape index (κ1) is 12.5. The standard InChI is InChI=1S/C15H13N3O2/c19-14(11-4-2-1-3-5-11)9-18-10-17-13-6-7-16-8-12(13)15(18)20/h1-8,10,14,19H,9H2. The molecule has 0 fully saturated rings. The molecule has 2 aromatic heterocycles. The lowest BCUT2D eigenvalue weighted by Crippen LogP contribution is -2.23. The van der Waals surface area contributed by atoms with Crippen LogP contribution in [-0.2, 0) is 6.54 Å². The van der Waals surface area contributed by atoms with Crippen LogP contribution in [0.2, 0.25) is 0 Å². The van der Waals surface area contributed by atoms with Crippen LogP contribution < -0.4 is 5.56 Å². The second kappa shape index (κ2) is 5.22. The van der Waals surface area contributed by atoms with Gasteiger partial charge in [0.2, 0.25) is 0 Å². The average Bonchev–Trinajstić information content (AvgIpc) is 2.51. The first-order chi connectivity index (χ1) is 9.75. The topological polar surface area (TPSA) is 68.0 Å². The molecular formula is C15H13N3O2. The van der Waals surface area contributed by atoms with Crippen molar-refractivity contribution in [1.82, 2.24) is 14.5 Å². The summed E-state index contributed by atoms with van der Waals surface area (Å²) in [5.41, 5.74) is 1.18. The summed E-state index contributed by atoms with van der Waals surface area (Å²) in [7, 11) is 0. The molecule has 1 N–H and O–H groups in total. The number of fused-ring (bicyclic) bond motifs is 1. The van der Waals surface area contributed by atoms with Gasteiger partial charge in [-0.25, -0.2) is 4.98 Å². The van der Waals surface area contributed by atoms with Crippen molar-refractivity contribution in [2.75, 3.05) is 0 Å². The van der Waals surface area contributed by atoms with E-state index in [4.69, 9.17) is 0 Å². The third-order valence-corrected chi connectivity index (χ3v) is 3.18. The molecule has 0 saturated carbocycles. The number of nitrogens with zero attached hydrogens (tertiary/aromatic N) is 3. The van der Waals surface area contributed by atoms with Crippen molar-refractivity contribution < 1.29 is 5.11 Å². The average molecular weight is 267 g/mol. The van der Waals surface area contributed by atoms with Crippen molar-refractivity contribution in [3.05, 3.63) is 71.0 Å². The van der Waals surface area contributed by atoms with E-state index < -0.39 is 6.10 Å². The number of benzene rings is 1. The highest BCUT2D eigenvalue weighted by atomic mass is 16.3. The predicted molar refractivity (Wildman–Crippen MR) is 75.2 cm³/mol. The smallest absolute Gasteiger partial charge is 0.262 e. The molecule has 2 heterocycles. The highest BCUT2D eigenvalue weighted by Gasteiger charge is 2.10. The molecule has 0 aliphatic heterocycles. The Morgan fingerprint density at radius 1 is 1.20 bits per heavy atom. The number of hydrogen-bond donors (Lipinski definition) is 1. The lowest BCUT2D eigenvalue weighted by molar-refractivity contribution is 0.155. The Labute approximate surface area is 115 Å². The van der Waals surface area contributed by atoms with Gasteiger partial charge >= 0.3 is 0 Å². The molecule has 20 heavy (non-hydrogen) atoms. The van der Waals surface area contributed by atoms with Gasteiger partial charge in [0, 0.05) is 12.4 Å². The fraction of sp³-hybridized carbons (Fsp3) is 0.133. The Kier molecular flexibility index (Phi) is 3.26. The quantitative estimate of drug-likeness (QED) is 0.781. The van der Waals surface area contributed by atoms with Crippen LogP contribution in [0, 0.1) is 0 Å². The Morgan fingerprint density at radius 2 is 2.00 bits per heavy atom. The van der Waals surface area contributed by atoms with Gasteiger partial charge in [-0.3, -0.25) is 14.3 Å². The summed E-state index contributed by atoms with van der Waals surface area (Å²) in [6, 6.07) is 10.9. The van der Waals surface area contributed by atoms with Crippen LogP contribution in [-0.4, -0.2) is 19.6 Å². The fourth-order valence-corrected chi connectivity index (χ4v) is 2.10. The van der Waals surface area contributed by atoms with Crippen LogP contribution in [0.4, 0.5) is 0 Å². The van der Waals surface area contributed by atoms with Gasteiger partial charge in [0.05, 0.1) is 29.9 Å². The highest BCUT2D eigenvalue weighted by Crippen LogP contribution is 2.13. The number of hydrogen-bond acceptors (Lipinski definition) is 4. The minimum atomic E-state index is -0.746. The molecule has 3 rings (SSSR count). The summed E-state index contributed by atoms with van der Waals surface area (Å²) in [5, 5.41) is 10.6. The summed E-state index contributed by atoms with van der Waals surface area (Å²) < 4.78 is 1.40. The molecule has 1 unspecified atom stereocenters. The Bertz CT molecular complexity index is 784. The van der Waals surface area contributed by atoms with Gasteiger partial charge in [-0.05, 0) is 11.6 Å². The van der Waals surface area contributed by atoms with E-state index in [0.29, 0.717) is 10.9 Å². The zero-order valence-corrected chi connectivity index (χ0v) is 10.7. The van der Waals surface area contributed by atoms with Crippen LogP contribution in [0.5, 0.6) is 0 Å². The minimum absolute atomic E-state index is 0.167. The third kappa shape index (κ3) is 2.31. The molecule has 0 radical (unpaired) electrons. The lowest BCUT2D eigenvalue weighted by atomic mass is 10.1. The van der Waals surface area contributed by atoms with Crippen molar-refractivity contribution in [2.24, 2.45) is 0 Å². The van der Waals surface area contributed by atoms with E-state index >= 15 is 0 Å². The molecule has 0 spiro atoms. The molecule has 0 aliphatic rings. The molecule has 0 saturated heterocycles. The van der Waals surface area contributed by atoms with Gasteiger partial charge in [0.1, 0.15) is 0 Å². The van der Waals surface area contributed by atoms with Crippen LogP contribution in [0.25, 0.3) is 10.9 Å². The number of rotatable bonds is 3. The molecule has 1 atom stereocenters. The molecule has 100 valence electrons. The fourth-order valence-electron chi connectivity index (χ4n) is 2.10. The molecular weight excluding hydrogens is 254 g/mol. The monoisotopic (exact) mass is 267 g/mol. The van der Waals surface area contributed by atoms with Crippen molar-refractivity contribution in [2.45, 2.75) is 12.6 Å². The molecule has 5 nitrogen and oxygen atoms in total. The normalized spacial score (nSPS) is 12.4. The van der Waals surface area contributed by atoms with E-state index in [1.54, 1.807) is 12.3 Å². The van der Waals surface area contributed by atoms with Crippen molar-refractivity contribution in [1.29, 1.82) is 0 Å². The van der Waals surface area contributed by atoms with Crippen molar-refractivity contribution in [3.8, 4) is 0 Å². The molecule has 1 aromatic carbocycles. The molecule has 0 bridgehead atoms. The van der Waals surface area contributed by atoms with Crippen molar-refractivity contribution in [3.63, 3.8) is 0 Å². The molecule has 5 heteroatoms. The Balaban J connectivity index is 1.96. The molecule has 0 aliphatic carbocycles. The van der Waals surface area contributed by atoms with Gasteiger partial charge in [-0.1, -0.05) is 30.3 Å². The summed E-state index contributed by atoms with van der Waals surface area (Å²) >= 11 is 0. The maximum atomic E-state index is 12.3. The number of aliphatic hydroxyl groups is 1. The van der Waals surface area contributed by atoms with Gasteiger partial charge in [0.25, 0.3) is 5.56 Å². The lowest BCUT2D eigenvalue weighted by Gasteiger charge is -2.12. The third-order valence-electron chi connectivity index (χ3n) is 3.18. The maximum Gasteiger partial charge on any atom is 0.262 e. The van der Waals surface area contributed by atoms with E-state index in [1.165, 1.54) is 17.1 Å². The van der Waals surface area contributed by atoms with E-state index in [-0.39, 0.29) is 12.1 Å². The van der Waals surface area contributed by atoms with Gasteiger partial charge in [-0.2, -0.15) is 0 Å². The van der Waals surface area contributed by atoms with E-state index in [0.717, 1.165) is 5.56 Å². The second-order valence-corrected chi connectivity index (χ2v) is 4.52. The maximum absolute atomic E-state index is 12.3. The zero-order chi connectivity index (χ0) is 13.9. The number of aromatic nitrogens is 3. The summed E-state index contributed by atoms with van der Waals surface area (Å²) in [4.78, 5) is 20.4. The summed E-state index contributed by atoms with van der Waals surface area (Å²) in [5.74, 6) is 0. The van der Waals surface area contributed by atoms with Crippen molar-refractivity contribution >= 4 is 10.9 Å².